The molecule has 1 aliphatic heterocycles. The number of fused-ring (bicyclic) bond motifs is 1. The van der Waals surface area contributed by atoms with Crippen molar-refractivity contribution in [2.24, 2.45) is 0 Å². The van der Waals surface area contributed by atoms with Gasteiger partial charge in [0.15, 0.2) is 0 Å². The largest absolute Gasteiger partial charge is 0.425 e. The molecule has 1 heterocycles. The monoisotopic (exact) mass is 389 g/mol. The topological polar surface area (TPSA) is 46.6 Å². The maximum atomic E-state index is 12.6. The number of hydrogen-bond donors (Lipinski definition) is 0. The molecule has 3 rings (SSSR count). The Balaban J connectivity index is 1.82. The van der Waals surface area contributed by atoms with Gasteiger partial charge in [-0.15, -0.1) is 11.8 Å². The summed E-state index contributed by atoms with van der Waals surface area (Å²) in [6, 6.07) is 11.2. The van der Waals surface area contributed by atoms with Crippen molar-refractivity contribution in [3.05, 3.63) is 52.5 Å². The third-order valence-corrected chi connectivity index (χ3v) is 5.69. The Labute approximate surface area is 162 Å². The number of esters is 1. The number of ether oxygens (including phenoxy) is 1. The van der Waals surface area contributed by atoms with E-state index in [2.05, 4.69) is 0 Å². The zero-order chi connectivity index (χ0) is 18.8. The number of nitrogens with zero attached hydrogens (tertiary/aromatic N) is 1. The zero-order valence-corrected chi connectivity index (χ0v) is 16.5. The quantitative estimate of drug-likeness (QED) is 0.555. The van der Waals surface area contributed by atoms with E-state index < -0.39 is 5.97 Å². The molecule has 1 aliphatic rings. The van der Waals surface area contributed by atoms with Crippen molar-refractivity contribution in [2.45, 2.75) is 31.6 Å². The number of rotatable bonds is 4. The number of benzene rings is 2. The van der Waals surface area contributed by atoms with E-state index in [1.54, 1.807) is 6.07 Å². The van der Waals surface area contributed by atoms with E-state index in [1.807, 2.05) is 51.1 Å². The predicted molar refractivity (Wildman–Crippen MR) is 105 cm³/mol. The number of thioether (sulfide) groups is 1. The lowest BCUT2D eigenvalue weighted by Gasteiger charge is -2.28. The number of aryl methyl sites for hydroxylation is 1. The Morgan fingerprint density at radius 3 is 2.77 bits per heavy atom. The van der Waals surface area contributed by atoms with Crippen LogP contribution in [0.15, 0.2) is 41.3 Å². The second-order valence-corrected chi connectivity index (χ2v) is 7.93. The van der Waals surface area contributed by atoms with Crippen molar-refractivity contribution in [1.82, 2.24) is 0 Å². The average molecular weight is 390 g/mol. The molecule has 6 heteroatoms. The lowest BCUT2D eigenvalue weighted by molar-refractivity contribution is -0.134. The van der Waals surface area contributed by atoms with Crippen LogP contribution in [-0.4, -0.2) is 24.2 Å². The summed E-state index contributed by atoms with van der Waals surface area (Å²) in [4.78, 5) is 27.3. The van der Waals surface area contributed by atoms with Gasteiger partial charge in [-0.2, -0.15) is 0 Å². The molecule has 0 saturated carbocycles. The zero-order valence-electron chi connectivity index (χ0n) is 14.9. The first-order chi connectivity index (χ1) is 12.4. The molecule has 136 valence electrons. The number of amides is 1. The normalized spacial score (nSPS) is 13.7. The van der Waals surface area contributed by atoms with Gasteiger partial charge < -0.3 is 4.74 Å². The lowest BCUT2D eigenvalue weighted by Crippen LogP contribution is -2.40. The molecule has 0 aromatic heterocycles. The Bertz CT molecular complexity index is 866. The van der Waals surface area contributed by atoms with Gasteiger partial charge in [0.1, 0.15) is 12.3 Å². The molecular formula is C20H20ClNO3S. The summed E-state index contributed by atoms with van der Waals surface area (Å²) in [7, 11) is 0. The Morgan fingerprint density at radius 1 is 1.31 bits per heavy atom. The lowest BCUT2D eigenvalue weighted by atomic mass is 10.0. The van der Waals surface area contributed by atoms with Gasteiger partial charge in [0, 0.05) is 9.92 Å². The summed E-state index contributed by atoms with van der Waals surface area (Å²) in [5.41, 5.74) is 2.46. The molecule has 1 amide bonds. The Hall–Kier alpha value is -1.98. The third kappa shape index (κ3) is 3.89. The number of para-hydroxylation sites is 1. The predicted octanol–water partition coefficient (Wildman–Crippen LogP) is 4.82. The van der Waals surface area contributed by atoms with E-state index in [0.29, 0.717) is 16.5 Å². The van der Waals surface area contributed by atoms with Crippen LogP contribution in [0.25, 0.3) is 0 Å². The summed E-state index contributed by atoms with van der Waals surface area (Å²) >= 11 is 7.69. The van der Waals surface area contributed by atoms with Crippen LogP contribution in [0.1, 0.15) is 30.9 Å². The molecular weight excluding hydrogens is 370 g/mol. The minimum absolute atomic E-state index is 0.0954. The third-order valence-electron chi connectivity index (χ3n) is 4.23. The highest BCUT2D eigenvalue weighted by molar-refractivity contribution is 8.00. The van der Waals surface area contributed by atoms with Crippen LogP contribution in [0.2, 0.25) is 5.02 Å². The highest BCUT2D eigenvalue weighted by Gasteiger charge is 2.27. The molecule has 0 unspecified atom stereocenters. The van der Waals surface area contributed by atoms with Crippen molar-refractivity contribution < 1.29 is 14.3 Å². The molecule has 0 bridgehead atoms. The van der Waals surface area contributed by atoms with E-state index in [0.717, 1.165) is 21.7 Å². The van der Waals surface area contributed by atoms with E-state index in [9.17, 15) is 9.59 Å². The SMILES string of the molecule is Cc1cc(OC(=O)CN2C(=O)CSc3ccccc32)c(C(C)C)cc1Cl. The summed E-state index contributed by atoms with van der Waals surface area (Å²) < 4.78 is 5.61. The van der Waals surface area contributed by atoms with Gasteiger partial charge in [0.05, 0.1) is 11.4 Å². The van der Waals surface area contributed by atoms with E-state index in [1.165, 1.54) is 16.7 Å². The number of carbonyl (C=O) groups excluding carboxylic acids is 2. The van der Waals surface area contributed by atoms with Crippen LogP contribution < -0.4 is 9.64 Å². The molecule has 2 aromatic carbocycles. The average Bonchev–Trinajstić information content (AvgIpc) is 2.60. The van der Waals surface area contributed by atoms with Gasteiger partial charge >= 0.3 is 5.97 Å². The van der Waals surface area contributed by atoms with Crippen molar-refractivity contribution >= 4 is 40.9 Å². The van der Waals surface area contributed by atoms with E-state index in [4.69, 9.17) is 16.3 Å². The molecule has 0 atom stereocenters. The molecule has 4 nitrogen and oxygen atoms in total. The van der Waals surface area contributed by atoms with Crippen molar-refractivity contribution in [3.8, 4) is 5.75 Å². The maximum absolute atomic E-state index is 12.6. The van der Waals surface area contributed by atoms with Gasteiger partial charge in [0.25, 0.3) is 0 Å². The van der Waals surface area contributed by atoms with Gasteiger partial charge in [-0.3, -0.25) is 9.69 Å². The van der Waals surface area contributed by atoms with Gasteiger partial charge in [0.2, 0.25) is 5.91 Å². The van der Waals surface area contributed by atoms with Crippen molar-refractivity contribution in [2.75, 3.05) is 17.2 Å². The number of hydrogen-bond acceptors (Lipinski definition) is 4. The van der Waals surface area contributed by atoms with Crippen LogP contribution in [0, 0.1) is 6.92 Å². The first-order valence-electron chi connectivity index (χ1n) is 8.39. The first kappa shape index (κ1) is 18.8. The van der Waals surface area contributed by atoms with Crippen LogP contribution in [0.4, 0.5) is 5.69 Å². The van der Waals surface area contributed by atoms with E-state index in [-0.39, 0.29) is 18.4 Å². The summed E-state index contributed by atoms with van der Waals surface area (Å²) in [6.07, 6.45) is 0. The summed E-state index contributed by atoms with van der Waals surface area (Å²) in [5.74, 6) is 0.413. The fourth-order valence-electron chi connectivity index (χ4n) is 2.82. The fraction of sp³-hybridized carbons (Fsp3) is 0.300. The standard InChI is InChI=1S/C20H20ClNO3S/c1-12(2)14-9-15(21)13(3)8-17(14)25-20(24)10-22-16-6-4-5-7-18(16)26-11-19(22)23/h4-9,12H,10-11H2,1-3H3. The molecule has 2 aromatic rings. The molecule has 0 N–H and O–H groups in total. The maximum Gasteiger partial charge on any atom is 0.331 e. The second-order valence-electron chi connectivity index (χ2n) is 6.50. The molecule has 0 aliphatic carbocycles. The summed E-state index contributed by atoms with van der Waals surface area (Å²) in [5, 5.41) is 0.644. The molecule has 0 radical (unpaired) electrons. The minimum atomic E-state index is -0.469. The number of halogens is 1. The van der Waals surface area contributed by atoms with Crippen LogP contribution >= 0.6 is 23.4 Å². The number of carbonyl (C=O) groups is 2. The number of anilines is 1. The van der Waals surface area contributed by atoms with Crippen LogP contribution in [0.5, 0.6) is 5.75 Å². The highest BCUT2D eigenvalue weighted by atomic mass is 35.5. The van der Waals surface area contributed by atoms with Crippen molar-refractivity contribution in [3.63, 3.8) is 0 Å². The Kier molecular flexibility index (Phi) is 5.58. The fourth-order valence-corrected chi connectivity index (χ4v) is 3.93. The minimum Gasteiger partial charge on any atom is -0.425 e. The van der Waals surface area contributed by atoms with Gasteiger partial charge in [-0.25, -0.2) is 4.79 Å². The molecule has 0 spiro atoms. The molecule has 0 saturated heterocycles. The van der Waals surface area contributed by atoms with Gasteiger partial charge in [-0.05, 0) is 48.2 Å². The van der Waals surface area contributed by atoms with Crippen LogP contribution in [-0.2, 0) is 9.59 Å². The van der Waals surface area contributed by atoms with Crippen LogP contribution in [0.3, 0.4) is 0 Å². The first-order valence-corrected chi connectivity index (χ1v) is 9.76. The summed E-state index contributed by atoms with van der Waals surface area (Å²) in [6.45, 7) is 5.78. The van der Waals surface area contributed by atoms with Crippen molar-refractivity contribution in [1.29, 1.82) is 0 Å². The van der Waals surface area contributed by atoms with Gasteiger partial charge in [-0.1, -0.05) is 37.6 Å². The van der Waals surface area contributed by atoms with E-state index >= 15 is 0 Å². The smallest absolute Gasteiger partial charge is 0.331 e. The second kappa shape index (κ2) is 7.72. The highest BCUT2D eigenvalue weighted by Crippen LogP contribution is 2.35. The molecule has 0 fully saturated rings. The Morgan fingerprint density at radius 2 is 2.04 bits per heavy atom. The molecule has 26 heavy (non-hydrogen) atoms.